The molecule has 3 aromatic heterocycles. The molecule has 0 unspecified atom stereocenters. The van der Waals surface area contributed by atoms with E-state index in [-0.39, 0.29) is 0 Å². The Balaban J connectivity index is 1.01. The number of rotatable bonds is 12. The smallest absolute Gasteiger partial charge is 0.0555 e. The Bertz CT molecular complexity index is 6810. The van der Waals surface area contributed by atoms with Crippen molar-refractivity contribution in [3.05, 3.63) is 364 Å². The van der Waals surface area contributed by atoms with Crippen molar-refractivity contribution in [1.82, 2.24) is 4.57 Å². The first-order valence-corrected chi connectivity index (χ1v) is 37.2. The van der Waals surface area contributed by atoms with Gasteiger partial charge >= 0.3 is 0 Å². The molecule has 0 bridgehead atoms. The molecule has 0 aliphatic carbocycles. The highest BCUT2D eigenvalue weighted by atomic mass is 32.1. The molecule has 103 heavy (non-hydrogen) atoms. The van der Waals surface area contributed by atoms with E-state index in [9.17, 15) is 0 Å². The van der Waals surface area contributed by atoms with Crippen LogP contribution in [0.25, 0.3) is 206 Å². The predicted octanol–water partition coefficient (Wildman–Crippen LogP) is 29.4. The van der Waals surface area contributed by atoms with Crippen LogP contribution in [0.3, 0.4) is 0 Å². The second-order valence-corrected chi connectivity index (χ2v) is 29.3. The average molecular weight is 1340 g/mol. The Morgan fingerprint density at radius 2 is 0.670 bits per heavy atom. The largest absolute Gasteiger partial charge is 0.309 e. The lowest BCUT2D eigenvalue weighted by Crippen LogP contribution is -2.03. The van der Waals surface area contributed by atoms with Gasteiger partial charge in [-0.05, 0) is 222 Å². The Morgan fingerprint density at radius 1 is 0.262 bits per heavy atom. The zero-order valence-electron chi connectivity index (χ0n) is 56.8. The number of nitrogens with zero attached hydrogens (tertiary/aromatic N) is 1. The third kappa shape index (κ3) is 9.65. The van der Waals surface area contributed by atoms with Crippen molar-refractivity contribution < 1.29 is 0 Å². The molecular formula is C100H65NS2. The maximum atomic E-state index is 2.53. The molecular weight excluding hydrogens is 1280 g/mol. The third-order valence-corrected chi connectivity index (χ3v) is 23.7. The number of thiophene rings is 2. The van der Waals surface area contributed by atoms with Gasteiger partial charge in [0.05, 0.1) is 11.0 Å². The number of para-hydroxylation sites is 1. The molecule has 0 radical (unpaired) electrons. The summed E-state index contributed by atoms with van der Waals surface area (Å²) in [5, 5.41) is 17.4. The molecule has 17 aromatic carbocycles. The zero-order chi connectivity index (χ0) is 68.2. The summed E-state index contributed by atoms with van der Waals surface area (Å²) >= 11 is 3.73. The van der Waals surface area contributed by atoms with E-state index in [1.165, 1.54) is 183 Å². The first-order valence-electron chi connectivity index (χ1n) is 35.6. The standard InChI is InChI=1S/C100H65NS2/c1-3-4-31-62(2)87-88(64-34-13-6-14-35-64)92(68-42-21-10-22-43-68)98-76-51-30-53-78-96(76)95-75(97(98)89(87)65-36-15-7-16-37-65)50-29-52-77(95)99-93(70-45-27-44-69(58-70)84-57-56-83(102-84)63-32-11-5-12-33-63)90(66-38-17-8-18-39-66)91(67-40-19-9-20-41-67)94(100(78)99)71-46-28-47-72(59-71)101-81-54-25-23-48-73(81)79-60-80-74-49-24-26-55-85(74)103-86(80)61-82(79)101/h3-61H,1-2H3/b4-3-,62-31+. The van der Waals surface area contributed by atoms with E-state index in [1.807, 2.05) is 22.7 Å². The summed E-state index contributed by atoms with van der Waals surface area (Å²) in [7, 11) is 0. The molecule has 0 atom stereocenters. The summed E-state index contributed by atoms with van der Waals surface area (Å²) in [4.78, 5) is 2.47. The van der Waals surface area contributed by atoms with Gasteiger partial charge in [-0.25, -0.2) is 0 Å². The molecule has 0 N–H and O–H groups in total. The third-order valence-electron chi connectivity index (χ3n) is 21.4. The normalized spacial score (nSPS) is 12.2. The van der Waals surface area contributed by atoms with E-state index >= 15 is 0 Å². The van der Waals surface area contributed by atoms with E-state index in [0.29, 0.717) is 0 Å². The molecule has 0 saturated carbocycles. The molecule has 482 valence electrons. The highest BCUT2D eigenvalue weighted by molar-refractivity contribution is 7.26. The van der Waals surface area contributed by atoms with Crippen LogP contribution in [-0.2, 0) is 0 Å². The van der Waals surface area contributed by atoms with E-state index in [4.69, 9.17) is 0 Å². The van der Waals surface area contributed by atoms with Crippen molar-refractivity contribution in [3.8, 4) is 104 Å². The Kier molecular flexibility index (Phi) is 14.5. The minimum absolute atomic E-state index is 1.10. The highest BCUT2D eigenvalue weighted by Gasteiger charge is 2.33. The van der Waals surface area contributed by atoms with E-state index in [0.717, 1.165) is 27.9 Å². The molecule has 0 amide bonds. The highest BCUT2D eigenvalue weighted by Crippen LogP contribution is 2.60. The van der Waals surface area contributed by atoms with Crippen LogP contribution in [0.5, 0.6) is 0 Å². The SMILES string of the molecule is C/C=C\C=C(/C)c1c(-c2ccccc2)c(-c2ccccc2)c2c3cccc4c5c(-c6cccc(-n7c8ccccc8c8cc9c(cc87)sc7ccccc79)c6)c(-c6ccccc6)c(-c6ccccc6)c(-c6cccc(-c7ccc(-c8ccccc8)s7)c6)c5c5cccc(c2c1-c1ccccc1)c5c34. The van der Waals surface area contributed by atoms with E-state index in [2.05, 4.69) is 376 Å². The molecule has 3 heteroatoms. The van der Waals surface area contributed by atoms with Gasteiger partial charge in [-0.1, -0.05) is 303 Å². The fourth-order valence-corrected chi connectivity index (χ4v) is 19.3. The molecule has 20 rings (SSSR count). The lowest BCUT2D eigenvalue weighted by molar-refractivity contribution is 1.18. The molecule has 3 heterocycles. The number of hydrogen-bond donors (Lipinski definition) is 0. The molecule has 0 aliphatic rings. The molecule has 0 aliphatic heterocycles. The van der Waals surface area contributed by atoms with Crippen LogP contribution in [0, 0.1) is 0 Å². The number of allylic oxidation sites excluding steroid dienone is 4. The van der Waals surface area contributed by atoms with Gasteiger partial charge in [-0.15, -0.1) is 22.7 Å². The van der Waals surface area contributed by atoms with Crippen molar-refractivity contribution in [2.45, 2.75) is 13.8 Å². The fourth-order valence-electron chi connectivity index (χ4n) is 17.2. The van der Waals surface area contributed by atoms with Crippen molar-refractivity contribution in [1.29, 1.82) is 0 Å². The lowest BCUT2D eigenvalue weighted by atomic mass is 9.73. The second-order valence-electron chi connectivity index (χ2n) is 27.1. The summed E-state index contributed by atoms with van der Waals surface area (Å²) in [6, 6.07) is 128. The van der Waals surface area contributed by atoms with Gasteiger partial charge in [0.1, 0.15) is 0 Å². The Morgan fingerprint density at radius 3 is 1.23 bits per heavy atom. The fraction of sp³-hybridized carbons (Fsp3) is 0.0200. The van der Waals surface area contributed by atoms with Crippen LogP contribution in [0.15, 0.2) is 358 Å². The lowest BCUT2D eigenvalue weighted by Gasteiger charge is -2.29. The quantitative estimate of drug-likeness (QED) is 0.0653. The van der Waals surface area contributed by atoms with Crippen LogP contribution in [0.1, 0.15) is 19.4 Å². The molecule has 0 saturated heterocycles. The summed E-state index contributed by atoms with van der Waals surface area (Å²) in [5.74, 6) is 0. The number of benzene rings is 17. The van der Waals surface area contributed by atoms with Crippen molar-refractivity contribution in [2.24, 2.45) is 0 Å². The van der Waals surface area contributed by atoms with Gasteiger partial charge in [-0.3, -0.25) is 0 Å². The van der Waals surface area contributed by atoms with E-state index in [1.54, 1.807) is 0 Å². The van der Waals surface area contributed by atoms with Gasteiger partial charge in [0.15, 0.2) is 0 Å². The number of fused-ring (bicyclic) bond motifs is 12. The summed E-state index contributed by atoms with van der Waals surface area (Å²) in [5.41, 5.74) is 24.8. The van der Waals surface area contributed by atoms with E-state index < -0.39 is 0 Å². The second kappa shape index (κ2) is 24.7. The Labute approximate surface area is 606 Å². The predicted molar refractivity (Wildman–Crippen MR) is 448 cm³/mol. The van der Waals surface area contributed by atoms with Crippen molar-refractivity contribution in [2.75, 3.05) is 0 Å². The van der Waals surface area contributed by atoms with Gasteiger partial charge in [-0.2, -0.15) is 0 Å². The average Bonchev–Trinajstić information content (AvgIpc) is 1.42. The minimum atomic E-state index is 1.10. The molecule has 1 nitrogen and oxygen atoms in total. The number of hydrogen-bond acceptors (Lipinski definition) is 2. The monoisotopic (exact) mass is 1340 g/mol. The molecule has 0 fully saturated rings. The summed E-state index contributed by atoms with van der Waals surface area (Å²) in [6.07, 6.45) is 6.67. The topological polar surface area (TPSA) is 4.93 Å². The van der Waals surface area contributed by atoms with Crippen LogP contribution in [0.2, 0.25) is 0 Å². The Hall–Kier alpha value is -12.5. The molecule has 0 spiro atoms. The molecule has 20 aromatic rings. The van der Waals surface area contributed by atoms with Crippen LogP contribution in [-0.4, -0.2) is 4.57 Å². The first kappa shape index (κ1) is 60.5. The zero-order valence-corrected chi connectivity index (χ0v) is 58.5. The first-order chi connectivity index (χ1) is 51.0. The van der Waals surface area contributed by atoms with Gasteiger partial charge in [0.25, 0.3) is 0 Å². The number of aromatic nitrogens is 1. The van der Waals surface area contributed by atoms with Crippen molar-refractivity contribution in [3.63, 3.8) is 0 Å². The van der Waals surface area contributed by atoms with Crippen molar-refractivity contribution >= 4 is 124 Å². The maximum absolute atomic E-state index is 2.53. The minimum Gasteiger partial charge on any atom is -0.309 e. The van der Waals surface area contributed by atoms with Gasteiger partial charge < -0.3 is 4.57 Å². The van der Waals surface area contributed by atoms with Gasteiger partial charge in [0, 0.05) is 46.4 Å². The summed E-state index contributed by atoms with van der Waals surface area (Å²) < 4.78 is 5.12. The van der Waals surface area contributed by atoms with Crippen LogP contribution < -0.4 is 0 Å². The maximum Gasteiger partial charge on any atom is 0.0555 e. The van der Waals surface area contributed by atoms with Crippen LogP contribution >= 0.6 is 22.7 Å². The van der Waals surface area contributed by atoms with Gasteiger partial charge in [0.2, 0.25) is 0 Å². The van der Waals surface area contributed by atoms with Crippen LogP contribution in [0.4, 0.5) is 0 Å². The summed E-state index contributed by atoms with van der Waals surface area (Å²) in [6.45, 7) is 4.43.